The summed E-state index contributed by atoms with van der Waals surface area (Å²) in [5.74, 6) is -3.71. The number of carbonyl (C=O) groups is 3. The Bertz CT molecular complexity index is 1290. The van der Waals surface area contributed by atoms with Gasteiger partial charge >= 0.3 is 6.18 Å². The third-order valence-corrected chi connectivity index (χ3v) is 6.91. The second kappa shape index (κ2) is 11.2. The van der Waals surface area contributed by atoms with Crippen LogP contribution in [0.5, 0.6) is 0 Å². The summed E-state index contributed by atoms with van der Waals surface area (Å²) < 4.78 is 58.0. The molecule has 3 amide bonds. The Balaban J connectivity index is 1.52. The van der Waals surface area contributed by atoms with Crippen molar-refractivity contribution < 1.29 is 36.5 Å². The molecule has 0 spiro atoms. The number of anilines is 1. The molecule has 0 aliphatic heterocycles. The van der Waals surface area contributed by atoms with Gasteiger partial charge in [-0.1, -0.05) is 23.7 Å². The molecule has 210 valence electrons. The van der Waals surface area contributed by atoms with Gasteiger partial charge in [0.05, 0.1) is 17.3 Å². The topological polar surface area (TPSA) is 105 Å². The van der Waals surface area contributed by atoms with Gasteiger partial charge in [0.1, 0.15) is 30.2 Å². The van der Waals surface area contributed by atoms with E-state index >= 15 is 4.39 Å². The number of benzene rings is 1. The summed E-state index contributed by atoms with van der Waals surface area (Å²) in [6, 6.07) is 2.62. The number of amides is 3. The summed E-state index contributed by atoms with van der Waals surface area (Å²) >= 11 is 0. The molecule has 2 saturated carbocycles. The lowest BCUT2D eigenvalue weighted by atomic mass is 9.98. The molecule has 2 fully saturated rings. The Morgan fingerprint density at radius 3 is 2.46 bits per heavy atom. The number of rotatable bonds is 10. The van der Waals surface area contributed by atoms with Crippen LogP contribution < -0.4 is 10.6 Å². The van der Waals surface area contributed by atoms with Crippen molar-refractivity contribution >= 4 is 23.4 Å². The van der Waals surface area contributed by atoms with Crippen molar-refractivity contribution in [3.63, 3.8) is 0 Å². The number of carbonyl (C=O) groups excluding carboxylic acids is 3. The predicted molar refractivity (Wildman–Crippen MR) is 133 cm³/mol. The van der Waals surface area contributed by atoms with Gasteiger partial charge in [0.25, 0.3) is 11.8 Å². The molecule has 39 heavy (non-hydrogen) atoms. The largest absolute Gasteiger partial charge is 0.406 e. The summed E-state index contributed by atoms with van der Waals surface area (Å²) in [7, 11) is 1.03. The van der Waals surface area contributed by atoms with E-state index < -0.39 is 48.2 Å². The van der Waals surface area contributed by atoms with Gasteiger partial charge in [-0.15, -0.1) is 0 Å². The molecule has 0 bridgehead atoms. The lowest BCUT2D eigenvalue weighted by molar-refractivity contribution is -0.159. The van der Waals surface area contributed by atoms with Crippen molar-refractivity contribution in [3.05, 3.63) is 58.2 Å². The highest BCUT2D eigenvalue weighted by atomic mass is 19.4. The number of hydrogen-bond acceptors (Lipinski definition) is 5. The number of halogens is 4. The highest BCUT2D eigenvalue weighted by Gasteiger charge is 2.40. The lowest BCUT2D eigenvalue weighted by Gasteiger charge is -2.23. The van der Waals surface area contributed by atoms with Gasteiger partial charge < -0.3 is 20.1 Å². The molecule has 0 unspecified atom stereocenters. The van der Waals surface area contributed by atoms with Gasteiger partial charge in [0.15, 0.2) is 0 Å². The fourth-order valence-electron chi connectivity index (χ4n) is 4.59. The molecule has 1 heterocycles. The Labute approximate surface area is 222 Å². The van der Waals surface area contributed by atoms with Crippen LogP contribution in [-0.4, -0.2) is 53.6 Å². The summed E-state index contributed by atoms with van der Waals surface area (Å²) in [5, 5.41) is 9.13. The molecule has 1 aromatic heterocycles. The summed E-state index contributed by atoms with van der Waals surface area (Å²) in [6.45, 7) is 1.77. The van der Waals surface area contributed by atoms with Crippen molar-refractivity contribution in [2.45, 2.75) is 64.1 Å². The van der Waals surface area contributed by atoms with E-state index in [9.17, 15) is 27.6 Å². The van der Waals surface area contributed by atoms with E-state index in [1.54, 1.807) is 0 Å². The van der Waals surface area contributed by atoms with Crippen LogP contribution in [0.25, 0.3) is 0 Å². The lowest BCUT2D eigenvalue weighted by Crippen LogP contribution is -2.46. The maximum absolute atomic E-state index is 15.1. The van der Waals surface area contributed by atoms with Gasteiger partial charge in [-0.25, -0.2) is 4.39 Å². The molecular weight excluding hydrogens is 520 g/mol. The molecule has 2 aliphatic carbocycles. The first-order valence-corrected chi connectivity index (χ1v) is 12.8. The first kappa shape index (κ1) is 28.3. The van der Waals surface area contributed by atoms with E-state index in [0.29, 0.717) is 17.0 Å². The standard InChI is InChI=1S/C27H30F4N4O4/c1-4-20-18(12-39-34-20)24(36)33-23(22(15-5-6-15)16-7-8-16)25(37)32-21-10-9-17(11-19(21)28)14(2)26(38)35(3)13-27(29,30)31/h9-12,14-15,23H,4-8,13H2,1-3H3,(H,32,37)(H,33,36)/t14-,23-/m0/s1. The van der Waals surface area contributed by atoms with E-state index in [-0.39, 0.29) is 22.7 Å². The number of nitrogens with one attached hydrogen (secondary N) is 2. The average molecular weight is 551 g/mol. The Hall–Kier alpha value is -3.70. The number of aromatic nitrogens is 1. The van der Waals surface area contributed by atoms with Crippen molar-refractivity contribution in [1.82, 2.24) is 15.4 Å². The zero-order valence-electron chi connectivity index (χ0n) is 21.8. The molecule has 0 saturated heterocycles. The van der Waals surface area contributed by atoms with Gasteiger partial charge in [0, 0.05) is 7.05 Å². The number of nitrogens with zero attached hydrogens (tertiary/aromatic N) is 2. The number of aryl methyl sites for hydroxylation is 1. The van der Waals surface area contributed by atoms with Crippen molar-refractivity contribution in [1.29, 1.82) is 0 Å². The molecule has 2 aliphatic rings. The maximum Gasteiger partial charge on any atom is 0.406 e. The molecule has 2 atom stereocenters. The third kappa shape index (κ3) is 6.85. The maximum atomic E-state index is 15.1. The van der Waals surface area contributed by atoms with Crippen LogP contribution in [0.1, 0.15) is 67.1 Å². The van der Waals surface area contributed by atoms with Crippen LogP contribution in [0.3, 0.4) is 0 Å². The van der Waals surface area contributed by atoms with Gasteiger partial charge in [-0.2, -0.15) is 13.2 Å². The molecule has 12 heteroatoms. The summed E-state index contributed by atoms with van der Waals surface area (Å²) in [4.78, 5) is 39.4. The molecule has 0 radical (unpaired) electrons. The minimum absolute atomic E-state index is 0.160. The molecule has 8 nitrogen and oxygen atoms in total. The quantitative estimate of drug-likeness (QED) is 0.329. The normalized spacial score (nSPS) is 16.3. The highest BCUT2D eigenvalue weighted by Crippen LogP contribution is 2.46. The second-order valence-electron chi connectivity index (χ2n) is 10.0. The fourth-order valence-corrected chi connectivity index (χ4v) is 4.59. The Kier molecular flexibility index (Phi) is 8.12. The van der Waals surface area contributed by atoms with Gasteiger partial charge in [0.2, 0.25) is 5.91 Å². The van der Waals surface area contributed by atoms with E-state index in [4.69, 9.17) is 4.52 Å². The van der Waals surface area contributed by atoms with Crippen LogP contribution in [0.4, 0.5) is 23.2 Å². The number of likely N-dealkylation sites (N-methyl/N-ethyl adjacent to an activating group) is 1. The smallest absolute Gasteiger partial charge is 0.364 e. The van der Waals surface area contributed by atoms with E-state index in [1.165, 1.54) is 25.3 Å². The molecule has 2 N–H and O–H groups in total. The number of hydrogen-bond donors (Lipinski definition) is 2. The van der Waals surface area contributed by atoms with Crippen LogP contribution in [0.15, 0.2) is 40.1 Å². The van der Waals surface area contributed by atoms with E-state index in [2.05, 4.69) is 15.8 Å². The summed E-state index contributed by atoms with van der Waals surface area (Å²) in [6.07, 6.45) is 0.562. The number of allylic oxidation sites excluding steroid dienone is 1. The SMILES string of the molecule is CCc1nocc1C(=O)N[C@H](C(=O)Nc1ccc([C@H](C)C(=O)N(C)CC(F)(F)F)cc1F)C(=C1CC1)C1CC1. The summed E-state index contributed by atoms with van der Waals surface area (Å²) in [5.41, 5.74) is 2.60. The minimum atomic E-state index is -4.56. The van der Waals surface area contributed by atoms with Crippen molar-refractivity contribution in [2.24, 2.45) is 5.92 Å². The van der Waals surface area contributed by atoms with E-state index in [0.717, 1.165) is 49.9 Å². The predicted octanol–water partition coefficient (Wildman–Crippen LogP) is 4.74. The minimum Gasteiger partial charge on any atom is -0.364 e. The van der Waals surface area contributed by atoms with E-state index in [1.807, 2.05) is 6.92 Å². The van der Waals surface area contributed by atoms with Gasteiger partial charge in [-0.05, 0) is 68.2 Å². The Morgan fingerprint density at radius 2 is 1.90 bits per heavy atom. The molecular formula is C27H30F4N4O4. The molecule has 2 aromatic rings. The number of alkyl halides is 3. The van der Waals surface area contributed by atoms with Gasteiger partial charge in [-0.3, -0.25) is 14.4 Å². The molecule has 4 rings (SSSR count). The second-order valence-corrected chi connectivity index (χ2v) is 10.0. The van der Waals surface area contributed by atoms with Crippen LogP contribution >= 0.6 is 0 Å². The third-order valence-electron chi connectivity index (χ3n) is 6.91. The first-order chi connectivity index (χ1) is 18.4. The zero-order chi connectivity index (χ0) is 28.5. The average Bonchev–Trinajstić information content (AvgIpc) is 3.82. The van der Waals surface area contributed by atoms with Crippen LogP contribution in [0.2, 0.25) is 0 Å². The first-order valence-electron chi connectivity index (χ1n) is 12.8. The zero-order valence-corrected chi connectivity index (χ0v) is 21.8. The van der Waals surface area contributed by atoms with Crippen LogP contribution in [0, 0.1) is 11.7 Å². The molecule has 1 aromatic carbocycles. The highest BCUT2D eigenvalue weighted by molar-refractivity contribution is 6.03. The fraction of sp³-hybridized carbons (Fsp3) is 0.481. The Morgan fingerprint density at radius 1 is 1.21 bits per heavy atom. The van der Waals surface area contributed by atoms with Crippen molar-refractivity contribution in [3.8, 4) is 0 Å². The van der Waals surface area contributed by atoms with Crippen LogP contribution in [-0.2, 0) is 16.0 Å². The van der Waals surface area contributed by atoms with Crippen molar-refractivity contribution in [2.75, 3.05) is 18.9 Å². The monoisotopic (exact) mass is 550 g/mol.